The summed E-state index contributed by atoms with van der Waals surface area (Å²) in [5.74, 6) is 1.81. The molecular formula is C14H17N5O. The topological polar surface area (TPSA) is 76.3 Å². The zero-order valence-electron chi connectivity index (χ0n) is 11.1. The standard InChI is InChI=1S/C14H17N5O/c15-11-3-1-2-4-12(11)20-13-5-6-17-14(18-13)19-9-7-16-8-10-19/h1-6,16H,7-10,15H2. The SMILES string of the molecule is Nc1ccccc1Oc1ccnc(N2CCNCC2)n1. The highest BCUT2D eigenvalue weighted by molar-refractivity contribution is 5.53. The molecule has 2 heterocycles. The van der Waals surface area contributed by atoms with Gasteiger partial charge in [-0.3, -0.25) is 0 Å². The summed E-state index contributed by atoms with van der Waals surface area (Å²) in [4.78, 5) is 10.9. The largest absolute Gasteiger partial charge is 0.437 e. The highest BCUT2D eigenvalue weighted by Gasteiger charge is 2.13. The quantitative estimate of drug-likeness (QED) is 0.819. The molecule has 0 radical (unpaired) electrons. The van der Waals surface area contributed by atoms with Crippen molar-refractivity contribution in [3.05, 3.63) is 36.5 Å². The van der Waals surface area contributed by atoms with E-state index in [-0.39, 0.29) is 0 Å². The Bertz CT molecular complexity index is 583. The Morgan fingerprint density at radius 2 is 1.95 bits per heavy atom. The van der Waals surface area contributed by atoms with E-state index in [1.807, 2.05) is 18.2 Å². The molecule has 0 aliphatic carbocycles. The van der Waals surface area contributed by atoms with Gasteiger partial charge < -0.3 is 20.7 Å². The first-order valence-electron chi connectivity index (χ1n) is 6.64. The van der Waals surface area contributed by atoms with Crippen molar-refractivity contribution in [2.75, 3.05) is 36.8 Å². The van der Waals surface area contributed by atoms with Gasteiger partial charge in [0.25, 0.3) is 0 Å². The van der Waals surface area contributed by atoms with Crippen LogP contribution in [-0.2, 0) is 0 Å². The van der Waals surface area contributed by atoms with Crippen LogP contribution < -0.4 is 20.7 Å². The third-order valence-corrected chi connectivity index (χ3v) is 3.15. The fraction of sp³-hybridized carbons (Fsp3) is 0.286. The van der Waals surface area contributed by atoms with Crippen molar-refractivity contribution in [2.24, 2.45) is 0 Å². The van der Waals surface area contributed by atoms with Crippen LogP contribution >= 0.6 is 0 Å². The molecule has 6 heteroatoms. The van der Waals surface area contributed by atoms with Gasteiger partial charge >= 0.3 is 0 Å². The number of anilines is 2. The van der Waals surface area contributed by atoms with Gasteiger partial charge in [-0.1, -0.05) is 12.1 Å². The lowest BCUT2D eigenvalue weighted by atomic mass is 10.3. The molecule has 1 saturated heterocycles. The Kier molecular flexibility index (Phi) is 3.64. The van der Waals surface area contributed by atoms with E-state index in [9.17, 15) is 0 Å². The summed E-state index contributed by atoms with van der Waals surface area (Å²) in [6.07, 6.45) is 1.71. The number of nitrogen functional groups attached to an aromatic ring is 1. The number of nitrogens with one attached hydrogen (secondary N) is 1. The molecule has 1 aromatic carbocycles. The molecule has 104 valence electrons. The predicted molar refractivity (Wildman–Crippen MR) is 78.0 cm³/mol. The third-order valence-electron chi connectivity index (χ3n) is 3.15. The summed E-state index contributed by atoms with van der Waals surface area (Å²) >= 11 is 0. The van der Waals surface area contributed by atoms with E-state index in [0.29, 0.717) is 23.3 Å². The molecule has 3 rings (SSSR count). The Morgan fingerprint density at radius 1 is 1.15 bits per heavy atom. The van der Waals surface area contributed by atoms with Gasteiger partial charge in [-0.2, -0.15) is 4.98 Å². The molecule has 1 fully saturated rings. The van der Waals surface area contributed by atoms with Gasteiger partial charge in [0.05, 0.1) is 5.69 Å². The molecule has 1 aliphatic heterocycles. The lowest BCUT2D eigenvalue weighted by Gasteiger charge is -2.27. The molecule has 0 spiro atoms. The van der Waals surface area contributed by atoms with E-state index < -0.39 is 0 Å². The Labute approximate surface area is 117 Å². The van der Waals surface area contributed by atoms with Crippen LogP contribution in [0.25, 0.3) is 0 Å². The number of hydrogen-bond acceptors (Lipinski definition) is 6. The van der Waals surface area contributed by atoms with Gasteiger partial charge in [-0.15, -0.1) is 0 Å². The van der Waals surface area contributed by atoms with Crippen molar-refractivity contribution in [1.82, 2.24) is 15.3 Å². The van der Waals surface area contributed by atoms with Crippen molar-refractivity contribution in [2.45, 2.75) is 0 Å². The minimum Gasteiger partial charge on any atom is -0.437 e. The van der Waals surface area contributed by atoms with Crippen LogP contribution in [0.1, 0.15) is 0 Å². The molecule has 20 heavy (non-hydrogen) atoms. The van der Waals surface area contributed by atoms with Crippen LogP contribution in [0.5, 0.6) is 11.6 Å². The molecular weight excluding hydrogens is 254 g/mol. The molecule has 0 amide bonds. The molecule has 1 aliphatic rings. The predicted octanol–water partition coefficient (Wildman–Crippen LogP) is 1.26. The second-order valence-corrected chi connectivity index (χ2v) is 4.57. The first-order chi connectivity index (χ1) is 9.83. The minimum absolute atomic E-state index is 0.506. The van der Waals surface area contributed by atoms with E-state index in [2.05, 4.69) is 20.2 Å². The number of rotatable bonds is 3. The van der Waals surface area contributed by atoms with Gasteiger partial charge in [-0.25, -0.2) is 4.98 Å². The summed E-state index contributed by atoms with van der Waals surface area (Å²) in [6, 6.07) is 9.10. The normalized spacial score (nSPS) is 15.1. The van der Waals surface area contributed by atoms with Gasteiger partial charge in [0, 0.05) is 38.4 Å². The Morgan fingerprint density at radius 3 is 2.75 bits per heavy atom. The average molecular weight is 271 g/mol. The van der Waals surface area contributed by atoms with Gasteiger partial charge in [0.1, 0.15) is 0 Å². The molecule has 1 aromatic heterocycles. The summed E-state index contributed by atoms with van der Waals surface area (Å²) in [6.45, 7) is 3.69. The monoisotopic (exact) mass is 271 g/mol. The number of benzene rings is 1. The van der Waals surface area contributed by atoms with Gasteiger partial charge in [-0.05, 0) is 12.1 Å². The number of nitrogens with two attached hydrogens (primary N) is 1. The van der Waals surface area contributed by atoms with E-state index >= 15 is 0 Å². The number of para-hydroxylation sites is 2. The summed E-state index contributed by atoms with van der Waals surface area (Å²) in [5, 5.41) is 3.30. The second-order valence-electron chi connectivity index (χ2n) is 4.57. The van der Waals surface area contributed by atoms with Crippen LogP contribution in [0.15, 0.2) is 36.5 Å². The fourth-order valence-corrected chi connectivity index (χ4v) is 2.09. The van der Waals surface area contributed by atoms with E-state index in [4.69, 9.17) is 10.5 Å². The van der Waals surface area contributed by atoms with E-state index in [1.165, 1.54) is 0 Å². The third kappa shape index (κ3) is 2.80. The maximum atomic E-state index is 5.86. The summed E-state index contributed by atoms with van der Waals surface area (Å²) in [5.41, 5.74) is 6.45. The van der Waals surface area contributed by atoms with Crippen molar-refractivity contribution in [1.29, 1.82) is 0 Å². The lowest BCUT2D eigenvalue weighted by molar-refractivity contribution is 0.462. The van der Waals surface area contributed by atoms with Crippen LogP contribution in [0.3, 0.4) is 0 Å². The Balaban J connectivity index is 1.79. The number of piperazine rings is 1. The molecule has 3 N–H and O–H groups in total. The molecule has 0 bridgehead atoms. The fourth-order valence-electron chi connectivity index (χ4n) is 2.09. The van der Waals surface area contributed by atoms with Crippen molar-refractivity contribution >= 4 is 11.6 Å². The number of nitrogens with zero attached hydrogens (tertiary/aromatic N) is 3. The lowest BCUT2D eigenvalue weighted by Crippen LogP contribution is -2.44. The van der Waals surface area contributed by atoms with Crippen LogP contribution in [-0.4, -0.2) is 36.1 Å². The molecule has 0 atom stereocenters. The maximum absolute atomic E-state index is 5.86. The van der Waals surface area contributed by atoms with Crippen molar-refractivity contribution in [3.8, 4) is 11.6 Å². The number of aromatic nitrogens is 2. The van der Waals surface area contributed by atoms with Crippen molar-refractivity contribution < 1.29 is 4.74 Å². The molecule has 0 saturated carbocycles. The maximum Gasteiger partial charge on any atom is 0.228 e. The molecule has 0 unspecified atom stereocenters. The van der Waals surface area contributed by atoms with Crippen molar-refractivity contribution in [3.63, 3.8) is 0 Å². The average Bonchev–Trinajstić information content (AvgIpc) is 2.51. The highest BCUT2D eigenvalue weighted by atomic mass is 16.5. The molecule has 2 aromatic rings. The van der Waals surface area contributed by atoms with E-state index in [1.54, 1.807) is 18.3 Å². The van der Waals surface area contributed by atoms with Crippen LogP contribution in [0, 0.1) is 0 Å². The Hall–Kier alpha value is -2.34. The molecule has 6 nitrogen and oxygen atoms in total. The van der Waals surface area contributed by atoms with Crippen LogP contribution in [0.4, 0.5) is 11.6 Å². The second kappa shape index (κ2) is 5.75. The van der Waals surface area contributed by atoms with Crippen LogP contribution in [0.2, 0.25) is 0 Å². The van der Waals surface area contributed by atoms with Gasteiger partial charge in [0.15, 0.2) is 5.75 Å². The first kappa shape index (κ1) is 12.7. The van der Waals surface area contributed by atoms with Gasteiger partial charge in [0.2, 0.25) is 11.8 Å². The number of ether oxygens (including phenoxy) is 1. The first-order valence-corrected chi connectivity index (χ1v) is 6.64. The smallest absolute Gasteiger partial charge is 0.228 e. The van der Waals surface area contributed by atoms with E-state index in [0.717, 1.165) is 26.2 Å². The summed E-state index contributed by atoms with van der Waals surface area (Å²) < 4.78 is 5.72. The highest BCUT2D eigenvalue weighted by Crippen LogP contribution is 2.26. The summed E-state index contributed by atoms with van der Waals surface area (Å²) in [7, 11) is 0. The zero-order chi connectivity index (χ0) is 13.8. The zero-order valence-corrected chi connectivity index (χ0v) is 11.1. The number of hydrogen-bond donors (Lipinski definition) is 2. The minimum atomic E-state index is 0.506.